The number of hydrazine groups is 1. The van der Waals surface area contributed by atoms with Crippen LogP contribution in [0.25, 0.3) is 0 Å². The SMILES string of the molecule is CCC(CC)C(NN)c1ccccc1OC(F)F. The van der Waals surface area contributed by atoms with Gasteiger partial charge in [0.15, 0.2) is 0 Å². The number of hydrogen-bond acceptors (Lipinski definition) is 3. The fourth-order valence-corrected chi connectivity index (χ4v) is 2.18. The number of nitrogens with two attached hydrogens (primary N) is 1. The van der Waals surface area contributed by atoms with E-state index in [2.05, 4.69) is 24.0 Å². The summed E-state index contributed by atoms with van der Waals surface area (Å²) in [4.78, 5) is 0. The van der Waals surface area contributed by atoms with Crippen LogP contribution in [0.3, 0.4) is 0 Å². The van der Waals surface area contributed by atoms with E-state index in [1.165, 1.54) is 6.07 Å². The molecule has 1 rings (SSSR count). The number of halogens is 2. The fraction of sp³-hybridized carbons (Fsp3) is 0.538. The third-order valence-corrected chi connectivity index (χ3v) is 3.17. The van der Waals surface area contributed by atoms with Crippen molar-refractivity contribution in [3.05, 3.63) is 29.8 Å². The molecule has 18 heavy (non-hydrogen) atoms. The Hall–Kier alpha value is -1.20. The quantitative estimate of drug-likeness (QED) is 0.583. The number of benzene rings is 1. The molecule has 0 bridgehead atoms. The molecule has 0 spiro atoms. The number of rotatable bonds is 7. The molecule has 0 fully saturated rings. The van der Waals surface area contributed by atoms with Crippen LogP contribution in [0.5, 0.6) is 5.75 Å². The number of ether oxygens (including phenoxy) is 1. The molecule has 102 valence electrons. The zero-order chi connectivity index (χ0) is 13.5. The van der Waals surface area contributed by atoms with Crippen LogP contribution in [-0.4, -0.2) is 6.61 Å². The molecular weight excluding hydrogens is 238 g/mol. The summed E-state index contributed by atoms with van der Waals surface area (Å²) in [5.74, 6) is 6.02. The molecule has 5 heteroatoms. The molecule has 0 saturated carbocycles. The summed E-state index contributed by atoms with van der Waals surface area (Å²) >= 11 is 0. The van der Waals surface area contributed by atoms with Gasteiger partial charge >= 0.3 is 6.61 Å². The van der Waals surface area contributed by atoms with Gasteiger partial charge in [0.1, 0.15) is 5.75 Å². The van der Waals surface area contributed by atoms with Gasteiger partial charge in [-0.05, 0) is 12.0 Å². The van der Waals surface area contributed by atoms with Gasteiger partial charge in [0.25, 0.3) is 0 Å². The molecule has 0 aromatic heterocycles. The van der Waals surface area contributed by atoms with Gasteiger partial charge < -0.3 is 4.74 Å². The Kier molecular flexibility index (Phi) is 6.01. The van der Waals surface area contributed by atoms with Crippen LogP contribution in [0, 0.1) is 5.92 Å². The summed E-state index contributed by atoms with van der Waals surface area (Å²) in [5, 5.41) is 0. The van der Waals surface area contributed by atoms with Gasteiger partial charge in [-0.1, -0.05) is 44.9 Å². The van der Waals surface area contributed by atoms with Crippen molar-refractivity contribution in [1.82, 2.24) is 5.43 Å². The van der Waals surface area contributed by atoms with Crippen LogP contribution in [0.1, 0.15) is 38.3 Å². The molecule has 0 aliphatic heterocycles. The highest BCUT2D eigenvalue weighted by Gasteiger charge is 2.23. The molecule has 0 amide bonds. The molecular formula is C13H20F2N2O. The summed E-state index contributed by atoms with van der Waals surface area (Å²) in [6, 6.07) is 6.58. The lowest BCUT2D eigenvalue weighted by molar-refractivity contribution is -0.0509. The van der Waals surface area contributed by atoms with Crippen molar-refractivity contribution in [2.24, 2.45) is 11.8 Å². The molecule has 1 atom stereocenters. The van der Waals surface area contributed by atoms with Crippen molar-refractivity contribution in [1.29, 1.82) is 0 Å². The highest BCUT2D eigenvalue weighted by molar-refractivity contribution is 5.36. The molecule has 3 nitrogen and oxygen atoms in total. The van der Waals surface area contributed by atoms with Crippen LogP contribution < -0.4 is 16.0 Å². The van der Waals surface area contributed by atoms with E-state index in [9.17, 15) is 8.78 Å². The van der Waals surface area contributed by atoms with Crippen LogP contribution >= 0.6 is 0 Å². The maximum atomic E-state index is 12.4. The normalized spacial score (nSPS) is 13.1. The fourth-order valence-electron chi connectivity index (χ4n) is 2.18. The van der Waals surface area contributed by atoms with Crippen LogP contribution in [0.2, 0.25) is 0 Å². The van der Waals surface area contributed by atoms with E-state index in [1.807, 2.05) is 0 Å². The van der Waals surface area contributed by atoms with E-state index in [0.29, 0.717) is 5.56 Å². The second-order valence-corrected chi connectivity index (χ2v) is 4.14. The van der Waals surface area contributed by atoms with Gasteiger partial charge in [-0.15, -0.1) is 0 Å². The molecule has 1 aromatic rings. The van der Waals surface area contributed by atoms with Crippen molar-refractivity contribution < 1.29 is 13.5 Å². The summed E-state index contributed by atoms with van der Waals surface area (Å²) < 4.78 is 29.3. The molecule has 0 heterocycles. The molecule has 3 N–H and O–H groups in total. The average molecular weight is 258 g/mol. The first-order valence-corrected chi connectivity index (χ1v) is 6.13. The van der Waals surface area contributed by atoms with E-state index in [4.69, 9.17) is 5.84 Å². The van der Waals surface area contributed by atoms with Gasteiger partial charge in [-0.3, -0.25) is 11.3 Å². The number of hydrogen-bond donors (Lipinski definition) is 2. The van der Waals surface area contributed by atoms with Gasteiger partial charge in [-0.25, -0.2) is 0 Å². The third-order valence-electron chi connectivity index (χ3n) is 3.17. The lowest BCUT2D eigenvalue weighted by Gasteiger charge is -2.26. The Morgan fingerprint density at radius 3 is 2.33 bits per heavy atom. The maximum absolute atomic E-state index is 12.4. The van der Waals surface area contributed by atoms with Gasteiger partial charge in [0.2, 0.25) is 0 Å². The van der Waals surface area contributed by atoms with Crippen molar-refractivity contribution >= 4 is 0 Å². The van der Waals surface area contributed by atoms with Crippen LogP contribution in [-0.2, 0) is 0 Å². The standard InChI is InChI=1S/C13H20F2N2O/c1-3-9(4-2)12(17-16)10-7-5-6-8-11(10)18-13(14)15/h5-9,12-13,17H,3-4,16H2,1-2H3. The number of nitrogens with one attached hydrogen (secondary N) is 1. The van der Waals surface area contributed by atoms with Gasteiger partial charge in [-0.2, -0.15) is 8.78 Å². The van der Waals surface area contributed by atoms with Gasteiger partial charge in [0, 0.05) is 5.56 Å². The first-order chi connectivity index (χ1) is 8.63. The third kappa shape index (κ3) is 3.65. The first-order valence-electron chi connectivity index (χ1n) is 6.13. The molecule has 1 aromatic carbocycles. The zero-order valence-corrected chi connectivity index (χ0v) is 10.7. The lowest BCUT2D eigenvalue weighted by atomic mass is 9.89. The minimum Gasteiger partial charge on any atom is -0.434 e. The van der Waals surface area contributed by atoms with Crippen LogP contribution in [0.15, 0.2) is 24.3 Å². The molecule has 0 radical (unpaired) electrons. The smallest absolute Gasteiger partial charge is 0.387 e. The van der Waals surface area contributed by atoms with Crippen molar-refractivity contribution in [3.63, 3.8) is 0 Å². The van der Waals surface area contributed by atoms with E-state index in [0.717, 1.165) is 12.8 Å². The Morgan fingerprint density at radius 2 is 1.83 bits per heavy atom. The predicted molar refractivity (Wildman–Crippen MR) is 67.2 cm³/mol. The van der Waals surface area contributed by atoms with E-state index < -0.39 is 6.61 Å². The monoisotopic (exact) mass is 258 g/mol. The average Bonchev–Trinajstić information content (AvgIpc) is 2.36. The second-order valence-electron chi connectivity index (χ2n) is 4.14. The van der Waals surface area contributed by atoms with E-state index in [-0.39, 0.29) is 17.7 Å². The summed E-state index contributed by atoms with van der Waals surface area (Å²) in [6.45, 7) is 1.27. The summed E-state index contributed by atoms with van der Waals surface area (Å²) in [5.41, 5.74) is 3.38. The van der Waals surface area contributed by atoms with Crippen LogP contribution in [0.4, 0.5) is 8.78 Å². The Morgan fingerprint density at radius 1 is 1.22 bits per heavy atom. The predicted octanol–water partition coefficient (Wildman–Crippen LogP) is 3.23. The largest absolute Gasteiger partial charge is 0.434 e. The lowest BCUT2D eigenvalue weighted by Crippen LogP contribution is -2.33. The second kappa shape index (κ2) is 7.28. The molecule has 0 aliphatic carbocycles. The molecule has 1 unspecified atom stereocenters. The van der Waals surface area contributed by atoms with E-state index in [1.54, 1.807) is 18.2 Å². The Labute approximate surface area is 106 Å². The highest BCUT2D eigenvalue weighted by atomic mass is 19.3. The Balaban J connectivity index is 3.04. The minimum atomic E-state index is -2.83. The molecule has 0 aliphatic rings. The van der Waals surface area contributed by atoms with Crippen molar-refractivity contribution in [2.45, 2.75) is 39.3 Å². The number of alkyl halides is 2. The topological polar surface area (TPSA) is 47.3 Å². The van der Waals surface area contributed by atoms with E-state index >= 15 is 0 Å². The number of para-hydroxylation sites is 1. The first kappa shape index (κ1) is 14.9. The summed E-state index contributed by atoms with van der Waals surface area (Å²) in [7, 11) is 0. The van der Waals surface area contributed by atoms with Crippen molar-refractivity contribution in [3.8, 4) is 5.75 Å². The Bertz CT molecular complexity index is 357. The van der Waals surface area contributed by atoms with Crippen molar-refractivity contribution in [2.75, 3.05) is 0 Å². The highest BCUT2D eigenvalue weighted by Crippen LogP contribution is 2.33. The molecule has 0 saturated heterocycles. The van der Waals surface area contributed by atoms with Gasteiger partial charge in [0.05, 0.1) is 6.04 Å². The minimum absolute atomic E-state index is 0.183. The summed E-state index contributed by atoms with van der Waals surface area (Å²) in [6.07, 6.45) is 1.82. The maximum Gasteiger partial charge on any atom is 0.387 e. The zero-order valence-electron chi connectivity index (χ0n) is 10.7.